The molecule has 0 bridgehead atoms. The Hall–Kier alpha value is -3.59. The zero-order valence-corrected chi connectivity index (χ0v) is 14.0. The summed E-state index contributed by atoms with van der Waals surface area (Å²) in [7, 11) is 0. The standard InChI is InChI=1S/C23H15N3/c1-4-17(20-7-2-10-24-14-20)12-18(5-1)21-13-19-9-8-16-6-3-11-25-22(16)23(19)26-15-21/h1-15H. The Morgan fingerprint density at radius 2 is 1.27 bits per heavy atom. The summed E-state index contributed by atoms with van der Waals surface area (Å²) in [6.45, 7) is 0. The topological polar surface area (TPSA) is 38.7 Å². The Bertz CT molecular complexity index is 1230. The molecule has 0 atom stereocenters. The fourth-order valence-electron chi connectivity index (χ4n) is 3.31. The van der Waals surface area contributed by atoms with Crippen LogP contribution < -0.4 is 0 Å². The smallest absolute Gasteiger partial charge is 0.0964 e. The molecule has 3 aromatic heterocycles. The molecule has 0 aliphatic heterocycles. The summed E-state index contributed by atoms with van der Waals surface area (Å²) >= 11 is 0. The van der Waals surface area contributed by atoms with Crippen molar-refractivity contribution in [2.45, 2.75) is 0 Å². The van der Waals surface area contributed by atoms with Crippen molar-refractivity contribution >= 4 is 21.8 Å². The summed E-state index contributed by atoms with van der Waals surface area (Å²) in [5, 5.41) is 2.21. The maximum atomic E-state index is 4.71. The molecular weight excluding hydrogens is 318 g/mol. The molecule has 0 aliphatic rings. The number of pyridine rings is 3. The molecule has 5 aromatic rings. The number of hydrogen-bond donors (Lipinski definition) is 0. The van der Waals surface area contributed by atoms with Crippen LogP contribution in [-0.2, 0) is 0 Å². The van der Waals surface area contributed by atoms with E-state index < -0.39 is 0 Å². The normalized spacial score (nSPS) is 11.1. The predicted octanol–water partition coefficient (Wildman–Crippen LogP) is 5.51. The minimum atomic E-state index is 0.940. The molecule has 2 aromatic carbocycles. The van der Waals surface area contributed by atoms with Crippen LogP contribution in [-0.4, -0.2) is 15.0 Å². The van der Waals surface area contributed by atoms with Gasteiger partial charge in [0.25, 0.3) is 0 Å². The lowest BCUT2D eigenvalue weighted by molar-refractivity contribution is 1.33. The van der Waals surface area contributed by atoms with Crippen LogP contribution in [0, 0.1) is 0 Å². The van der Waals surface area contributed by atoms with Crippen LogP contribution in [0.4, 0.5) is 0 Å². The van der Waals surface area contributed by atoms with Gasteiger partial charge in [0.15, 0.2) is 0 Å². The van der Waals surface area contributed by atoms with Gasteiger partial charge in [0.05, 0.1) is 11.0 Å². The van der Waals surface area contributed by atoms with Gasteiger partial charge in [-0.25, -0.2) is 0 Å². The maximum absolute atomic E-state index is 4.71. The lowest BCUT2D eigenvalue weighted by atomic mass is 10.00. The highest BCUT2D eigenvalue weighted by atomic mass is 14.7. The lowest BCUT2D eigenvalue weighted by Gasteiger charge is -2.08. The van der Waals surface area contributed by atoms with Crippen LogP contribution in [0.15, 0.2) is 91.5 Å². The van der Waals surface area contributed by atoms with Gasteiger partial charge in [-0.2, -0.15) is 0 Å². The summed E-state index contributed by atoms with van der Waals surface area (Å²) in [5.74, 6) is 0. The van der Waals surface area contributed by atoms with Crippen LogP contribution in [0.2, 0.25) is 0 Å². The van der Waals surface area contributed by atoms with Crippen molar-refractivity contribution in [2.24, 2.45) is 0 Å². The van der Waals surface area contributed by atoms with Crippen LogP contribution >= 0.6 is 0 Å². The second kappa shape index (κ2) is 6.05. The van der Waals surface area contributed by atoms with Crippen molar-refractivity contribution in [1.82, 2.24) is 15.0 Å². The van der Waals surface area contributed by atoms with E-state index in [9.17, 15) is 0 Å². The summed E-state index contributed by atoms with van der Waals surface area (Å²) < 4.78 is 0. The van der Waals surface area contributed by atoms with Crippen molar-refractivity contribution in [1.29, 1.82) is 0 Å². The molecule has 0 spiro atoms. The third-order valence-electron chi connectivity index (χ3n) is 4.61. The van der Waals surface area contributed by atoms with Gasteiger partial charge in [-0.05, 0) is 35.4 Å². The van der Waals surface area contributed by atoms with Crippen molar-refractivity contribution in [3.05, 3.63) is 91.5 Å². The molecule has 3 heterocycles. The van der Waals surface area contributed by atoms with E-state index in [4.69, 9.17) is 4.98 Å². The molecule has 0 saturated carbocycles. The van der Waals surface area contributed by atoms with Crippen molar-refractivity contribution in [2.75, 3.05) is 0 Å². The molecule has 0 aliphatic carbocycles. The number of benzene rings is 2. The Kier molecular flexibility index (Phi) is 3.42. The molecule has 0 fully saturated rings. The number of hydrogen-bond acceptors (Lipinski definition) is 3. The summed E-state index contributed by atoms with van der Waals surface area (Å²) in [6.07, 6.45) is 7.42. The van der Waals surface area contributed by atoms with E-state index in [-0.39, 0.29) is 0 Å². The molecule has 0 N–H and O–H groups in total. The quantitative estimate of drug-likeness (QED) is 0.400. The van der Waals surface area contributed by atoms with Gasteiger partial charge in [0.2, 0.25) is 0 Å². The van der Waals surface area contributed by atoms with E-state index in [0.717, 1.165) is 44.1 Å². The van der Waals surface area contributed by atoms with E-state index in [1.165, 1.54) is 0 Å². The van der Waals surface area contributed by atoms with E-state index in [2.05, 4.69) is 64.6 Å². The molecule has 0 amide bonds. The number of fused-ring (bicyclic) bond motifs is 3. The van der Waals surface area contributed by atoms with Gasteiger partial charge >= 0.3 is 0 Å². The first-order valence-corrected chi connectivity index (χ1v) is 8.53. The minimum absolute atomic E-state index is 0.940. The zero-order chi connectivity index (χ0) is 17.3. The highest BCUT2D eigenvalue weighted by molar-refractivity contribution is 6.03. The predicted molar refractivity (Wildman–Crippen MR) is 106 cm³/mol. The lowest BCUT2D eigenvalue weighted by Crippen LogP contribution is -1.87. The second-order valence-electron chi connectivity index (χ2n) is 6.26. The highest BCUT2D eigenvalue weighted by Gasteiger charge is 2.06. The van der Waals surface area contributed by atoms with E-state index in [1.54, 1.807) is 6.20 Å². The van der Waals surface area contributed by atoms with Crippen molar-refractivity contribution in [3.63, 3.8) is 0 Å². The zero-order valence-electron chi connectivity index (χ0n) is 14.0. The highest BCUT2D eigenvalue weighted by Crippen LogP contribution is 2.29. The van der Waals surface area contributed by atoms with Crippen molar-refractivity contribution < 1.29 is 0 Å². The van der Waals surface area contributed by atoms with Crippen LogP contribution in [0.1, 0.15) is 0 Å². The molecule has 0 unspecified atom stereocenters. The van der Waals surface area contributed by atoms with E-state index in [0.29, 0.717) is 0 Å². The number of rotatable bonds is 2. The molecule has 0 saturated heterocycles. The number of nitrogens with zero attached hydrogens (tertiary/aromatic N) is 3. The fourth-order valence-corrected chi connectivity index (χ4v) is 3.31. The third-order valence-corrected chi connectivity index (χ3v) is 4.61. The Morgan fingerprint density at radius 1 is 0.500 bits per heavy atom. The average molecular weight is 333 g/mol. The largest absolute Gasteiger partial charge is 0.264 e. The first-order chi connectivity index (χ1) is 12.9. The van der Waals surface area contributed by atoms with Gasteiger partial charge in [-0.3, -0.25) is 15.0 Å². The van der Waals surface area contributed by atoms with E-state index >= 15 is 0 Å². The number of aromatic nitrogens is 3. The monoisotopic (exact) mass is 333 g/mol. The summed E-state index contributed by atoms with van der Waals surface area (Å²) in [5.41, 5.74) is 6.38. The van der Waals surface area contributed by atoms with Gasteiger partial charge < -0.3 is 0 Å². The first-order valence-electron chi connectivity index (χ1n) is 8.53. The molecule has 3 nitrogen and oxygen atoms in total. The maximum Gasteiger partial charge on any atom is 0.0964 e. The van der Waals surface area contributed by atoms with Crippen molar-refractivity contribution in [3.8, 4) is 22.3 Å². The SMILES string of the molecule is c1cncc(-c2cccc(-c3cnc4c(ccc5cccnc54)c3)c2)c1. The van der Waals surface area contributed by atoms with E-state index in [1.807, 2.05) is 30.7 Å². The summed E-state index contributed by atoms with van der Waals surface area (Å²) in [4.78, 5) is 13.4. The molecule has 5 rings (SSSR count). The van der Waals surface area contributed by atoms with Crippen LogP contribution in [0.3, 0.4) is 0 Å². The van der Waals surface area contributed by atoms with Gasteiger partial charge in [-0.15, -0.1) is 0 Å². The first kappa shape index (κ1) is 14.7. The van der Waals surface area contributed by atoms with Gasteiger partial charge in [0, 0.05) is 46.7 Å². The Balaban J connectivity index is 1.64. The van der Waals surface area contributed by atoms with Crippen LogP contribution in [0.25, 0.3) is 44.1 Å². The molecular formula is C23H15N3. The van der Waals surface area contributed by atoms with Crippen LogP contribution in [0.5, 0.6) is 0 Å². The molecule has 122 valence electrons. The molecule has 3 heteroatoms. The summed E-state index contributed by atoms with van der Waals surface area (Å²) in [6, 6.07) is 22.9. The Labute approximate surface area is 151 Å². The minimum Gasteiger partial charge on any atom is -0.264 e. The molecule has 0 radical (unpaired) electrons. The molecule has 26 heavy (non-hydrogen) atoms. The average Bonchev–Trinajstić information content (AvgIpc) is 2.74. The fraction of sp³-hybridized carbons (Fsp3) is 0. The third kappa shape index (κ3) is 2.50. The van der Waals surface area contributed by atoms with Gasteiger partial charge in [0.1, 0.15) is 0 Å². The second-order valence-corrected chi connectivity index (χ2v) is 6.26. The van der Waals surface area contributed by atoms with Gasteiger partial charge in [-0.1, -0.05) is 42.5 Å². The Morgan fingerprint density at radius 3 is 2.15 bits per heavy atom.